The first kappa shape index (κ1) is 18.1. The first-order valence-electron chi connectivity index (χ1n) is 7.36. The molecule has 0 spiro atoms. The van der Waals surface area contributed by atoms with Crippen molar-refractivity contribution in [1.29, 1.82) is 0 Å². The second-order valence-electron chi connectivity index (χ2n) is 6.51. The van der Waals surface area contributed by atoms with E-state index in [4.69, 9.17) is 0 Å². The summed E-state index contributed by atoms with van der Waals surface area (Å²) in [5.41, 5.74) is 0.956. The summed E-state index contributed by atoms with van der Waals surface area (Å²) in [6.07, 6.45) is 0.991. The predicted octanol–water partition coefficient (Wildman–Crippen LogP) is 1.93. The van der Waals surface area contributed by atoms with Gasteiger partial charge in [-0.25, -0.2) is 13.1 Å². The Morgan fingerprint density at radius 3 is 2.48 bits per heavy atom. The molecule has 1 heterocycles. The van der Waals surface area contributed by atoms with Crippen molar-refractivity contribution in [3.63, 3.8) is 0 Å². The van der Waals surface area contributed by atoms with E-state index in [-0.39, 0.29) is 16.4 Å². The smallest absolute Gasteiger partial charge is 0.244 e. The molecule has 0 aromatic carbocycles. The van der Waals surface area contributed by atoms with Crippen LogP contribution in [0.5, 0.6) is 0 Å². The standard InChI is InChI=1S/C14H28N4O2S/c1-7-8-15-9-12-13(10(2)16-17-12)21(19,20)18-11(3)14(4,5)6/h11,15,18H,7-9H2,1-6H3,(H,16,17). The van der Waals surface area contributed by atoms with Gasteiger partial charge in [-0.2, -0.15) is 5.10 Å². The molecule has 3 N–H and O–H groups in total. The molecule has 6 nitrogen and oxygen atoms in total. The lowest BCUT2D eigenvalue weighted by Crippen LogP contribution is -2.41. The molecule has 1 aromatic rings. The van der Waals surface area contributed by atoms with Crippen molar-refractivity contribution in [2.45, 2.75) is 65.4 Å². The maximum absolute atomic E-state index is 12.6. The van der Waals surface area contributed by atoms with Crippen LogP contribution in [0.1, 0.15) is 52.4 Å². The van der Waals surface area contributed by atoms with Crippen molar-refractivity contribution in [2.75, 3.05) is 6.54 Å². The molecule has 21 heavy (non-hydrogen) atoms. The molecule has 0 aliphatic carbocycles. The summed E-state index contributed by atoms with van der Waals surface area (Å²) in [5, 5.41) is 10.1. The lowest BCUT2D eigenvalue weighted by atomic mass is 9.89. The van der Waals surface area contributed by atoms with Crippen LogP contribution in [0.15, 0.2) is 4.90 Å². The zero-order valence-corrected chi connectivity index (χ0v) is 14.7. The minimum atomic E-state index is -3.58. The van der Waals surface area contributed by atoms with E-state index < -0.39 is 10.0 Å². The SMILES string of the molecule is CCCNCc1n[nH]c(C)c1S(=O)(=O)NC(C)C(C)(C)C. The number of hydrogen-bond acceptors (Lipinski definition) is 4. The summed E-state index contributed by atoms with van der Waals surface area (Å²) in [6, 6.07) is -0.173. The highest BCUT2D eigenvalue weighted by Crippen LogP contribution is 2.23. The van der Waals surface area contributed by atoms with E-state index in [0.29, 0.717) is 17.9 Å². The summed E-state index contributed by atoms with van der Waals surface area (Å²) >= 11 is 0. The Labute approximate surface area is 128 Å². The number of sulfonamides is 1. The Balaban J connectivity index is 3.00. The minimum Gasteiger partial charge on any atom is -0.311 e. The molecule has 122 valence electrons. The maximum Gasteiger partial charge on any atom is 0.244 e. The van der Waals surface area contributed by atoms with Crippen molar-refractivity contribution in [1.82, 2.24) is 20.2 Å². The van der Waals surface area contributed by atoms with Crippen LogP contribution in [0.2, 0.25) is 0 Å². The van der Waals surface area contributed by atoms with Crippen LogP contribution < -0.4 is 10.0 Å². The van der Waals surface area contributed by atoms with E-state index in [2.05, 4.69) is 27.2 Å². The van der Waals surface area contributed by atoms with Gasteiger partial charge in [0.2, 0.25) is 10.0 Å². The number of aromatic nitrogens is 2. The molecule has 0 amide bonds. The number of rotatable bonds is 7. The van der Waals surface area contributed by atoms with Crippen molar-refractivity contribution in [3.05, 3.63) is 11.4 Å². The Bertz CT molecular complexity index is 558. The fourth-order valence-electron chi connectivity index (χ4n) is 1.80. The summed E-state index contributed by atoms with van der Waals surface area (Å²) in [4.78, 5) is 0.266. The second-order valence-corrected chi connectivity index (χ2v) is 8.16. The first-order chi connectivity index (χ1) is 9.59. The van der Waals surface area contributed by atoms with Gasteiger partial charge in [-0.15, -0.1) is 0 Å². The number of nitrogens with one attached hydrogen (secondary N) is 3. The quantitative estimate of drug-likeness (QED) is 0.671. The zero-order chi connectivity index (χ0) is 16.3. The van der Waals surface area contributed by atoms with Gasteiger partial charge < -0.3 is 5.32 Å². The highest BCUT2D eigenvalue weighted by atomic mass is 32.2. The highest BCUT2D eigenvalue weighted by Gasteiger charge is 2.29. The molecule has 0 aliphatic heterocycles. The minimum absolute atomic E-state index is 0.147. The number of hydrogen-bond donors (Lipinski definition) is 3. The molecule has 1 unspecified atom stereocenters. The van der Waals surface area contributed by atoms with Crippen molar-refractivity contribution >= 4 is 10.0 Å². The van der Waals surface area contributed by atoms with E-state index in [1.54, 1.807) is 6.92 Å². The summed E-state index contributed by atoms with van der Waals surface area (Å²) in [5.74, 6) is 0. The van der Waals surface area contributed by atoms with Crippen LogP contribution in [0.3, 0.4) is 0 Å². The van der Waals surface area contributed by atoms with Crippen LogP contribution in [-0.4, -0.2) is 31.2 Å². The Hall–Kier alpha value is -0.920. The topological polar surface area (TPSA) is 86.9 Å². The van der Waals surface area contributed by atoms with Gasteiger partial charge in [-0.05, 0) is 32.2 Å². The first-order valence-corrected chi connectivity index (χ1v) is 8.84. The van der Waals surface area contributed by atoms with Crippen molar-refractivity contribution < 1.29 is 8.42 Å². The van der Waals surface area contributed by atoms with Crippen LogP contribution in [-0.2, 0) is 16.6 Å². The Morgan fingerprint density at radius 2 is 1.95 bits per heavy atom. The summed E-state index contributed by atoms with van der Waals surface area (Å²) in [6.45, 7) is 13.0. The van der Waals surface area contributed by atoms with Gasteiger partial charge in [0.05, 0.1) is 11.4 Å². The van der Waals surface area contributed by atoms with Crippen molar-refractivity contribution in [3.8, 4) is 0 Å². The molecular formula is C14H28N4O2S. The number of aromatic amines is 1. The van der Waals surface area contributed by atoms with Gasteiger partial charge in [0, 0.05) is 12.6 Å². The van der Waals surface area contributed by atoms with E-state index in [9.17, 15) is 8.42 Å². The fraction of sp³-hybridized carbons (Fsp3) is 0.786. The molecule has 0 radical (unpaired) electrons. The molecule has 0 aliphatic rings. The predicted molar refractivity (Wildman–Crippen MR) is 84.6 cm³/mol. The lowest BCUT2D eigenvalue weighted by Gasteiger charge is -2.27. The molecule has 0 bridgehead atoms. The number of H-pyrrole nitrogens is 1. The molecule has 0 saturated heterocycles. The molecular weight excluding hydrogens is 288 g/mol. The van der Waals surface area contributed by atoms with E-state index >= 15 is 0 Å². The van der Waals surface area contributed by atoms with Gasteiger partial charge in [-0.1, -0.05) is 27.7 Å². The van der Waals surface area contributed by atoms with Gasteiger partial charge in [0.15, 0.2) is 0 Å². The fourth-order valence-corrected chi connectivity index (χ4v) is 3.61. The molecule has 7 heteroatoms. The average Bonchev–Trinajstić information content (AvgIpc) is 2.70. The summed E-state index contributed by atoms with van der Waals surface area (Å²) < 4.78 is 28.0. The van der Waals surface area contributed by atoms with Gasteiger partial charge in [-0.3, -0.25) is 5.10 Å². The third-order valence-corrected chi connectivity index (χ3v) is 5.32. The van der Waals surface area contributed by atoms with Crippen LogP contribution in [0.4, 0.5) is 0 Å². The Kier molecular flexibility index (Phi) is 5.95. The normalized spacial score (nSPS) is 14.4. The summed E-state index contributed by atoms with van der Waals surface area (Å²) in [7, 11) is -3.58. The lowest BCUT2D eigenvalue weighted by molar-refractivity contribution is 0.317. The molecule has 1 rings (SSSR count). The third-order valence-electron chi connectivity index (χ3n) is 3.58. The van der Waals surface area contributed by atoms with E-state index in [1.807, 2.05) is 27.7 Å². The van der Waals surface area contributed by atoms with Crippen LogP contribution in [0, 0.1) is 12.3 Å². The zero-order valence-electron chi connectivity index (χ0n) is 13.9. The van der Waals surface area contributed by atoms with E-state index in [0.717, 1.165) is 13.0 Å². The number of nitrogens with zero attached hydrogens (tertiary/aromatic N) is 1. The molecule has 1 aromatic heterocycles. The maximum atomic E-state index is 12.6. The largest absolute Gasteiger partial charge is 0.311 e. The molecule has 0 saturated carbocycles. The highest BCUT2D eigenvalue weighted by molar-refractivity contribution is 7.89. The Morgan fingerprint density at radius 1 is 1.33 bits per heavy atom. The molecule has 1 atom stereocenters. The third kappa shape index (κ3) is 4.79. The van der Waals surface area contributed by atoms with Crippen LogP contribution in [0.25, 0.3) is 0 Å². The monoisotopic (exact) mass is 316 g/mol. The van der Waals surface area contributed by atoms with Gasteiger partial charge in [0.1, 0.15) is 4.90 Å². The second kappa shape index (κ2) is 6.89. The van der Waals surface area contributed by atoms with Gasteiger partial charge in [0.25, 0.3) is 0 Å². The van der Waals surface area contributed by atoms with E-state index in [1.165, 1.54) is 0 Å². The van der Waals surface area contributed by atoms with Crippen LogP contribution >= 0.6 is 0 Å². The average molecular weight is 316 g/mol. The number of aryl methyl sites for hydroxylation is 1. The molecule has 0 fully saturated rings. The van der Waals surface area contributed by atoms with Crippen molar-refractivity contribution in [2.24, 2.45) is 5.41 Å². The van der Waals surface area contributed by atoms with Gasteiger partial charge >= 0.3 is 0 Å².